The van der Waals surface area contributed by atoms with Gasteiger partial charge in [0.05, 0.1) is 30.1 Å². The van der Waals surface area contributed by atoms with E-state index in [-0.39, 0.29) is 5.56 Å². The third-order valence-electron chi connectivity index (χ3n) is 5.09. The van der Waals surface area contributed by atoms with Crippen LogP contribution in [0.1, 0.15) is 41.2 Å². The first-order valence-electron chi connectivity index (χ1n) is 9.19. The maximum atomic E-state index is 13.4. The fourth-order valence-electron chi connectivity index (χ4n) is 3.24. The van der Waals surface area contributed by atoms with Gasteiger partial charge in [-0.15, -0.1) is 11.3 Å². The summed E-state index contributed by atoms with van der Waals surface area (Å²) in [5, 5.41) is 10.1. The van der Waals surface area contributed by atoms with Crippen molar-refractivity contribution in [3.05, 3.63) is 62.0 Å². The van der Waals surface area contributed by atoms with Gasteiger partial charge in [0.2, 0.25) is 0 Å². The molecule has 140 valence electrons. The molecule has 0 saturated heterocycles. The summed E-state index contributed by atoms with van der Waals surface area (Å²) in [5.74, 6) is 0.755. The Kier molecular flexibility index (Phi) is 5.73. The summed E-state index contributed by atoms with van der Waals surface area (Å²) in [6, 6.07) is 9.66. The number of fused-ring (bicyclic) bond motifs is 1. The van der Waals surface area contributed by atoms with Crippen molar-refractivity contribution in [3.63, 3.8) is 0 Å². The number of nitrogens with zero attached hydrogens (tertiary/aromatic N) is 4. The Hall–Kier alpha value is -2.49. The van der Waals surface area contributed by atoms with Gasteiger partial charge in [-0.25, -0.2) is 4.98 Å². The van der Waals surface area contributed by atoms with Crippen LogP contribution in [0.2, 0.25) is 0 Å². The average Bonchev–Trinajstić information content (AvgIpc) is 2.96. The number of nitriles is 1. The largest absolute Gasteiger partial charge is 0.297 e. The predicted octanol–water partition coefficient (Wildman–Crippen LogP) is 3.84. The minimum atomic E-state index is -0.0169. The molecular formula is C21H24N4OS. The summed E-state index contributed by atoms with van der Waals surface area (Å²) in [6.07, 6.45) is 0. The van der Waals surface area contributed by atoms with Crippen LogP contribution in [0.5, 0.6) is 0 Å². The van der Waals surface area contributed by atoms with Gasteiger partial charge in [-0.1, -0.05) is 32.0 Å². The number of rotatable bonds is 6. The molecule has 0 N–H and O–H groups in total. The lowest BCUT2D eigenvalue weighted by Crippen LogP contribution is -2.31. The van der Waals surface area contributed by atoms with E-state index in [1.165, 1.54) is 0 Å². The molecule has 0 aliphatic rings. The highest BCUT2D eigenvalue weighted by molar-refractivity contribution is 7.18. The fourth-order valence-corrected chi connectivity index (χ4v) is 4.28. The molecule has 0 atom stereocenters. The van der Waals surface area contributed by atoms with Gasteiger partial charge in [-0.3, -0.25) is 14.3 Å². The zero-order valence-electron chi connectivity index (χ0n) is 16.2. The lowest BCUT2D eigenvalue weighted by molar-refractivity contribution is 0.282. The van der Waals surface area contributed by atoms with Crippen LogP contribution in [-0.2, 0) is 13.1 Å². The van der Waals surface area contributed by atoms with E-state index in [4.69, 9.17) is 4.98 Å². The summed E-state index contributed by atoms with van der Waals surface area (Å²) >= 11 is 1.58. The third kappa shape index (κ3) is 3.66. The van der Waals surface area contributed by atoms with E-state index in [0.717, 1.165) is 39.7 Å². The lowest BCUT2D eigenvalue weighted by Gasteiger charge is -2.20. The Labute approximate surface area is 163 Å². The number of thiophene rings is 1. The number of hydrogen-bond donors (Lipinski definition) is 0. The molecule has 1 aromatic carbocycles. The van der Waals surface area contributed by atoms with Crippen LogP contribution in [0.3, 0.4) is 0 Å². The Morgan fingerprint density at radius 2 is 1.93 bits per heavy atom. The summed E-state index contributed by atoms with van der Waals surface area (Å²) in [4.78, 5) is 22.4. The standard InChI is InChI=1S/C21H24N4OS/c1-5-24(6-2)13-18-23-20-19(14(3)15(4)27-20)21(26)25(18)12-17-10-8-7-9-16(17)11-22/h7-10H,5-6,12-13H2,1-4H3. The van der Waals surface area contributed by atoms with Crippen molar-refractivity contribution in [2.75, 3.05) is 13.1 Å². The molecule has 0 radical (unpaired) electrons. The predicted molar refractivity (Wildman–Crippen MR) is 110 cm³/mol. The maximum absolute atomic E-state index is 13.4. The molecule has 0 amide bonds. The molecule has 3 rings (SSSR count). The molecule has 0 unspecified atom stereocenters. The van der Waals surface area contributed by atoms with E-state index in [9.17, 15) is 10.1 Å². The van der Waals surface area contributed by atoms with Gasteiger partial charge >= 0.3 is 0 Å². The number of aromatic nitrogens is 2. The molecule has 0 saturated carbocycles. The Balaban J connectivity index is 2.21. The van der Waals surface area contributed by atoms with Gasteiger partial charge in [0.25, 0.3) is 5.56 Å². The van der Waals surface area contributed by atoms with Crippen molar-refractivity contribution in [1.29, 1.82) is 5.26 Å². The SMILES string of the molecule is CCN(CC)Cc1nc2sc(C)c(C)c2c(=O)n1Cc1ccccc1C#N. The Morgan fingerprint density at radius 1 is 1.22 bits per heavy atom. The van der Waals surface area contributed by atoms with Crippen LogP contribution in [0.15, 0.2) is 29.1 Å². The average molecular weight is 381 g/mol. The van der Waals surface area contributed by atoms with Gasteiger partial charge in [0, 0.05) is 4.88 Å². The minimum Gasteiger partial charge on any atom is -0.297 e. The molecule has 2 heterocycles. The van der Waals surface area contributed by atoms with Crippen molar-refractivity contribution in [2.45, 2.75) is 40.8 Å². The van der Waals surface area contributed by atoms with Crippen LogP contribution in [0.4, 0.5) is 0 Å². The zero-order chi connectivity index (χ0) is 19.6. The van der Waals surface area contributed by atoms with E-state index in [1.807, 2.05) is 32.0 Å². The van der Waals surface area contributed by atoms with Crippen molar-refractivity contribution in [2.24, 2.45) is 0 Å². The van der Waals surface area contributed by atoms with Crippen LogP contribution >= 0.6 is 11.3 Å². The van der Waals surface area contributed by atoms with Crippen molar-refractivity contribution >= 4 is 21.6 Å². The van der Waals surface area contributed by atoms with Crippen molar-refractivity contribution in [3.8, 4) is 6.07 Å². The third-order valence-corrected chi connectivity index (χ3v) is 6.19. The van der Waals surface area contributed by atoms with Crippen molar-refractivity contribution in [1.82, 2.24) is 14.5 Å². The highest BCUT2D eigenvalue weighted by Crippen LogP contribution is 2.26. The van der Waals surface area contributed by atoms with E-state index in [2.05, 4.69) is 24.8 Å². The van der Waals surface area contributed by atoms with E-state index >= 15 is 0 Å². The number of benzene rings is 1. The van der Waals surface area contributed by atoms with E-state index in [0.29, 0.717) is 24.0 Å². The molecule has 0 bridgehead atoms. The monoisotopic (exact) mass is 380 g/mol. The number of hydrogen-bond acceptors (Lipinski definition) is 5. The Bertz CT molecular complexity index is 1070. The summed E-state index contributed by atoms with van der Waals surface area (Å²) < 4.78 is 1.75. The molecule has 0 aliphatic heterocycles. The zero-order valence-corrected chi connectivity index (χ0v) is 17.1. The van der Waals surface area contributed by atoms with E-state index in [1.54, 1.807) is 22.0 Å². The second-order valence-electron chi connectivity index (χ2n) is 6.61. The van der Waals surface area contributed by atoms with Gasteiger partial charge in [-0.05, 0) is 44.1 Å². The highest BCUT2D eigenvalue weighted by Gasteiger charge is 2.18. The van der Waals surface area contributed by atoms with Crippen LogP contribution in [0.25, 0.3) is 10.2 Å². The molecule has 0 spiro atoms. The summed E-state index contributed by atoms with van der Waals surface area (Å²) in [6.45, 7) is 11.0. The van der Waals surface area contributed by atoms with Crippen molar-refractivity contribution < 1.29 is 0 Å². The van der Waals surface area contributed by atoms with Gasteiger partial charge in [-0.2, -0.15) is 5.26 Å². The van der Waals surface area contributed by atoms with Crippen LogP contribution < -0.4 is 5.56 Å². The van der Waals surface area contributed by atoms with Gasteiger partial charge < -0.3 is 0 Å². The molecule has 27 heavy (non-hydrogen) atoms. The quantitative estimate of drug-likeness (QED) is 0.652. The van der Waals surface area contributed by atoms with Gasteiger partial charge in [0.15, 0.2) is 0 Å². The molecule has 3 aromatic rings. The van der Waals surface area contributed by atoms with Crippen LogP contribution in [0, 0.1) is 25.2 Å². The second kappa shape index (κ2) is 8.03. The van der Waals surface area contributed by atoms with E-state index < -0.39 is 0 Å². The Morgan fingerprint density at radius 3 is 2.59 bits per heavy atom. The first-order chi connectivity index (χ1) is 13.0. The fraction of sp³-hybridized carbons (Fsp3) is 0.381. The lowest BCUT2D eigenvalue weighted by atomic mass is 10.1. The summed E-state index contributed by atoms with van der Waals surface area (Å²) in [5.41, 5.74) is 2.42. The molecule has 5 nitrogen and oxygen atoms in total. The summed E-state index contributed by atoms with van der Waals surface area (Å²) in [7, 11) is 0. The molecule has 2 aromatic heterocycles. The molecular weight excluding hydrogens is 356 g/mol. The maximum Gasteiger partial charge on any atom is 0.262 e. The van der Waals surface area contributed by atoms with Crippen LogP contribution in [-0.4, -0.2) is 27.5 Å². The second-order valence-corrected chi connectivity index (χ2v) is 7.82. The molecule has 6 heteroatoms. The topological polar surface area (TPSA) is 61.9 Å². The first-order valence-corrected chi connectivity index (χ1v) is 10.0. The minimum absolute atomic E-state index is 0.0169. The molecule has 0 aliphatic carbocycles. The number of aryl methyl sites for hydroxylation is 2. The highest BCUT2D eigenvalue weighted by atomic mass is 32.1. The first kappa shape index (κ1) is 19.3. The van der Waals surface area contributed by atoms with Gasteiger partial charge in [0.1, 0.15) is 10.7 Å². The normalized spacial score (nSPS) is 11.3. The smallest absolute Gasteiger partial charge is 0.262 e. The molecule has 0 fully saturated rings.